The first-order chi connectivity index (χ1) is 11.7. The third-order valence-corrected chi connectivity index (χ3v) is 5.11. The van der Waals surface area contributed by atoms with Crippen LogP contribution in [0.1, 0.15) is 0 Å². The second kappa shape index (κ2) is 6.23. The maximum absolute atomic E-state index is 6.17. The lowest BCUT2D eigenvalue weighted by Crippen LogP contribution is -2.11. The van der Waals surface area contributed by atoms with Gasteiger partial charge in [-0.15, -0.1) is 11.3 Å². The molecule has 0 amide bonds. The molecule has 0 radical (unpaired) electrons. The molecule has 2 aromatic carbocycles. The molecule has 2 aromatic heterocycles. The standard InChI is InChI=1S/C19H14ClN3S/c1-23(14-10-6-3-7-11-14)17-15-12-16(13-8-4-2-5-9-13)24-18(15)22-19(20)21-17/h2-12H,1H3. The van der Waals surface area contributed by atoms with Crippen molar-refractivity contribution in [3.05, 3.63) is 72.0 Å². The SMILES string of the molecule is CN(c1ccccc1)c1nc(Cl)nc2sc(-c3ccccc3)cc12. The third-order valence-electron chi connectivity index (χ3n) is 3.86. The van der Waals surface area contributed by atoms with Crippen LogP contribution in [0, 0.1) is 0 Å². The largest absolute Gasteiger partial charge is 0.329 e. The van der Waals surface area contributed by atoms with Crippen LogP contribution >= 0.6 is 22.9 Å². The van der Waals surface area contributed by atoms with Gasteiger partial charge >= 0.3 is 0 Å². The molecule has 5 heteroatoms. The highest BCUT2D eigenvalue weighted by Gasteiger charge is 2.16. The number of hydrogen-bond donors (Lipinski definition) is 0. The molecule has 0 saturated heterocycles. The molecule has 4 aromatic rings. The number of fused-ring (bicyclic) bond motifs is 1. The van der Waals surface area contributed by atoms with Crippen LogP contribution in [0.15, 0.2) is 66.7 Å². The lowest BCUT2D eigenvalue weighted by atomic mass is 10.2. The van der Waals surface area contributed by atoms with Crippen LogP contribution in [0.25, 0.3) is 20.7 Å². The minimum absolute atomic E-state index is 0.266. The molecule has 0 bridgehead atoms. The summed E-state index contributed by atoms with van der Waals surface area (Å²) in [5.41, 5.74) is 2.23. The molecule has 118 valence electrons. The first-order valence-corrected chi connectivity index (χ1v) is 8.73. The maximum Gasteiger partial charge on any atom is 0.225 e. The van der Waals surface area contributed by atoms with Crippen LogP contribution in [-0.2, 0) is 0 Å². The van der Waals surface area contributed by atoms with E-state index in [1.807, 2.05) is 60.5 Å². The van der Waals surface area contributed by atoms with Gasteiger partial charge in [-0.2, -0.15) is 4.98 Å². The normalized spacial score (nSPS) is 10.9. The van der Waals surface area contributed by atoms with Crippen molar-refractivity contribution in [1.29, 1.82) is 0 Å². The minimum Gasteiger partial charge on any atom is -0.329 e. The molecular formula is C19H14ClN3S. The summed E-state index contributed by atoms with van der Waals surface area (Å²) in [6, 6.07) is 22.5. The maximum atomic E-state index is 6.17. The molecule has 0 aliphatic carbocycles. The van der Waals surface area contributed by atoms with E-state index in [0.29, 0.717) is 0 Å². The van der Waals surface area contributed by atoms with Crippen molar-refractivity contribution in [3.63, 3.8) is 0 Å². The van der Waals surface area contributed by atoms with Crippen molar-refractivity contribution in [2.75, 3.05) is 11.9 Å². The molecule has 0 fully saturated rings. The van der Waals surface area contributed by atoms with Crippen molar-refractivity contribution in [2.24, 2.45) is 0 Å². The number of benzene rings is 2. The lowest BCUT2D eigenvalue weighted by molar-refractivity contribution is 1.12. The number of nitrogens with zero attached hydrogens (tertiary/aromatic N) is 3. The molecule has 0 atom stereocenters. The Hall–Kier alpha value is -2.43. The fourth-order valence-electron chi connectivity index (χ4n) is 2.66. The molecule has 4 rings (SSSR count). The predicted octanol–water partition coefficient (Wildman–Crippen LogP) is 5.78. The zero-order valence-corrected chi connectivity index (χ0v) is 14.6. The summed E-state index contributed by atoms with van der Waals surface area (Å²) in [5.74, 6) is 0.814. The minimum atomic E-state index is 0.266. The number of para-hydroxylation sites is 1. The molecule has 24 heavy (non-hydrogen) atoms. The van der Waals surface area contributed by atoms with Crippen molar-refractivity contribution < 1.29 is 0 Å². The Balaban J connectivity index is 1.88. The van der Waals surface area contributed by atoms with E-state index in [2.05, 4.69) is 28.2 Å². The van der Waals surface area contributed by atoms with Gasteiger partial charge in [0.1, 0.15) is 10.6 Å². The van der Waals surface area contributed by atoms with Gasteiger partial charge in [-0.1, -0.05) is 48.5 Å². The van der Waals surface area contributed by atoms with E-state index in [-0.39, 0.29) is 5.28 Å². The summed E-state index contributed by atoms with van der Waals surface area (Å²) in [6.07, 6.45) is 0. The van der Waals surface area contributed by atoms with E-state index in [1.54, 1.807) is 11.3 Å². The Labute approximate surface area is 149 Å². The van der Waals surface area contributed by atoms with Gasteiger partial charge in [-0.25, -0.2) is 4.98 Å². The number of halogens is 1. The topological polar surface area (TPSA) is 29.0 Å². The Morgan fingerprint density at radius 1 is 0.917 bits per heavy atom. The summed E-state index contributed by atoms with van der Waals surface area (Å²) < 4.78 is 0. The van der Waals surface area contributed by atoms with Crippen LogP contribution in [-0.4, -0.2) is 17.0 Å². The highest BCUT2D eigenvalue weighted by molar-refractivity contribution is 7.22. The van der Waals surface area contributed by atoms with E-state index in [9.17, 15) is 0 Å². The fraction of sp³-hybridized carbons (Fsp3) is 0.0526. The molecule has 0 saturated carbocycles. The second-order valence-electron chi connectivity index (χ2n) is 5.41. The van der Waals surface area contributed by atoms with Gasteiger partial charge in [-0.05, 0) is 35.4 Å². The second-order valence-corrected chi connectivity index (χ2v) is 6.78. The van der Waals surface area contributed by atoms with Gasteiger partial charge in [0.15, 0.2) is 0 Å². The zero-order chi connectivity index (χ0) is 16.5. The van der Waals surface area contributed by atoms with Crippen LogP contribution < -0.4 is 4.90 Å². The number of thiophene rings is 1. The van der Waals surface area contributed by atoms with Crippen molar-refractivity contribution in [1.82, 2.24) is 9.97 Å². The molecule has 3 nitrogen and oxygen atoms in total. The van der Waals surface area contributed by atoms with E-state index in [4.69, 9.17) is 11.6 Å². The summed E-state index contributed by atoms with van der Waals surface area (Å²) in [7, 11) is 1.99. The Bertz CT molecular complexity index is 984. The predicted molar refractivity (Wildman–Crippen MR) is 102 cm³/mol. The molecule has 0 aliphatic rings. The average molecular weight is 352 g/mol. The summed E-state index contributed by atoms with van der Waals surface area (Å²) in [5, 5.41) is 1.27. The van der Waals surface area contributed by atoms with E-state index >= 15 is 0 Å². The summed E-state index contributed by atoms with van der Waals surface area (Å²) in [4.78, 5) is 13.0. The smallest absolute Gasteiger partial charge is 0.225 e. The highest BCUT2D eigenvalue weighted by Crippen LogP contribution is 2.38. The molecule has 2 heterocycles. The van der Waals surface area contributed by atoms with Gasteiger partial charge in [0, 0.05) is 17.6 Å². The van der Waals surface area contributed by atoms with Gasteiger partial charge in [0.2, 0.25) is 5.28 Å². The lowest BCUT2D eigenvalue weighted by Gasteiger charge is -2.19. The van der Waals surface area contributed by atoms with Crippen LogP contribution in [0.4, 0.5) is 11.5 Å². The van der Waals surface area contributed by atoms with Crippen LogP contribution in [0.5, 0.6) is 0 Å². The molecule has 0 unspecified atom stereocenters. The quantitative estimate of drug-likeness (QED) is 0.438. The number of anilines is 2. The van der Waals surface area contributed by atoms with E-state index < -0.39 is 0 Å². The first-order valence-electron chi connectivity index (χ1n) is 7.53. The van der Waals surface area contributed by atoms with Gasteiger partial charge < -0.3 is 4.90 Å². The Morgan fingerprint density at radius 2 is 1.58 bits per heavy atom. The third kappa shape index (κ3) is 2.75. The van der Waals surface area contributed by atoms with E-state index in [1.165, 1.54) is 5.56 Å². The number of hydrogen-bond acceptors (Lipinski definition) is 4. The van der Waals surface area contributed by atoms with Crippen molar-refractivity contribution in [3.8, 4) is 10.4 Å². The van der Waals surface area contributed by atoms with Crippen LogP contribution in [0.2, 0.25) is 5.28 Å². The fourth-order valence-corrected chi connectivity index (χ4v) is 3.90. The first kappa shape index (κ1) is 15.1. The molecule has 0 spiro atoms. The molecule has 0 N–H and O–H groups in total. The summed E-state index contributed by atoms with van der Waals surface area (Å²) >= 11 is 7.80. The van der Waals surface area contributed by atoms with Gasteiger partial charge in [0.05, 0.1) is 5.39 Å². The molecule has 0 aliphatic heterocycles. The number of aromatic nitrogens is 2. The van der Waals surface area contributed by atoms with E-state index in [0.717, 1.165) is 26.6 Å². The van der Waals surface area contributed by atoms with Gasteiger partial charge in [0.25, 0.3) is 0 Å². The average Bonchev–Trinajstić information content (AvgIpc) is 3.06. The molecular weight excluding hydrogens is 338 g/mol. The Kier molecular flexibility index (Phi) is 3.92. The zero-order valence-electron chi connectivity index (χ0n) is 13.0. The summed E-state index contributed by atoms with van der Waals surface area (Å²) in [6.45, 7) is 0. The van der Waals surface area contributed by atoms with Crippen molar-refractivity contribution >= 4 is 44.7 Å². The number of rotatable bonds is 3. The highest BCUT2D eigenvalue weighted by atomic mass is 35.5. The van der Waals surface area contributed by atoms with Crippen LogP contribution in [0.3, 0.4) is 0 Å². The van der Waals surface area contributed by atoms with Gasteiger partial charge in [-0.3, -0.25) is 0 Å². The Morgan fingerprint density at radius 3 is 2.29 bits per heavy atom. The van der Waals surface area contributed by atoms with Crippen molar-refractivity contribution in [2.45, 2.75) is 0 Å². The monoisotopic (exact) mass is 351 g/mol.